The summed E-state index contributed by atoms with van der Waals surface area (Å²) < 4.78 is 41.3. The molecule has 1 fully saturated rings. The van der Waals surface area contributed by atoms with E-state index in [0.29, 0.717) is 16.3 Å². The summed E-state index contributed by atoms with van der Waals surface area (Å²) in [6.07, 6.45) is -2.34. The number of nitrogens with one attached hydrogen (secondary N) is 2. The van der Waals surface area contributed by atoms with Crippen LogP contribution in [0.15, 0.2) is 24.4 Å². The lowest BCUT2D eigenvalue weighted by molar-refractivity contribution is -0.153. The van der Waals surface area contributed by atoms with Crippen LogP contribution in [0.25, 0.3) is 11.0 Å². The van der Waals surface area contributed by atoms with Crippen molar-refractivity contribution in [3.8, 4) is 5.19 Å². The van der Waals surface area contributed by atoms with Crippen LogP contribution in [0.3, 0.4) is 0 Å². The van der Waals surface area contributed by atoms with Crippen LogP contribution in [0.4, 0.5) is 13.2 Å². The van der Waals surface area contributed by atoms with Gasteiger partial charge < -0.3 is 15.0 Å². The molecule has 11 heteroatoms. The lowest BCUT2D eigenvalue weighted by atomic mass is 10.2. The van der Waals surface area contributed by atoms with Gasteiger partial charge in [-0.25, -0.2) is 9.97 Å². The molecule has 3 atom stereocenters. The topological polar surface area (TPSA) is 79.9 Å². The minimum Gasteiger partial charge on any atom is -0.460 e. The summed E-state index contributed by atoms with van der Waals surface area (Å²) in [6, 6.07) is 4.97. The fraction of sp³-hybridized carbons (Fsp3) is 0.389. The quantitative estimate of drug-likeness (QED) is 0.582. The van der Waals surface area contributed by atoms with Crippen molar-refractivity contribution < 1.29 is 22.7 Å². The van der Waals surface area contributed by atoms with Crippen molar-refractivity contribution in [2.45, 2.75) is 31.5 Å². The van der Waals surface area contributed by atoms with Gasteiger partial charge in [0.2, 0.25) is 5.91 Å². The van der Waals surface area contributed by atoms with Crippen molar-refractivity contribution in [2.24, 2.45) is 5.92 Å². The monoisotopic (exact) mass is 444 g/mol. The molecule has 1 aliphatic rings. The average molecular weight is 445 g/mol. The van der Waals surface area contributed by atoms with Gasteiger partial charge in [0.15, 0.2) is 6.61 Å². The maximum Gasteiger partial charge on any atom is 0.422 e. The van der Waals surface area contributed by atoms with Crippen molar-refractivity contribution in [2.75, 3.05) is 6.61 Å². The number of rotatable bonds is 6. The predicted molar refractivity (Wildman–Crippen MR) is 102 cm³/mol. The molecule has 1 aromatic carbocycles. The number of nitrogens with zero attached hydrogens (tertiary/aromatic N) is 2. The van der Waals surface area contributed by atoms with Gasteiger partial charge in [-0.1, -0.05) is 22.9 Å². The SMILES string of the molecule is CC(NC(=O)[C@@H]1C[C@H]1c1nc2ccc(Cl)cc2[nH]1)c1cnc(OCC(F)(F)F)s1. The number of alkyl halides is 3. The first kappa shape index (κ1) is 20.0. The number of carbonyl (C=O) groups is 1. The Labute approximate surface area is 172 Å². The Morgan fingerprint density at radius 3 is 3.03 bits per heavy atom. The van der Waals surface area contributed by atoms with Crippen molar-refractivity contribution in [3.63, 3.8) is 0 Å². The molecular formula is C18H16ClF3N4O2S. The maximum atomic E-state index is 12.5. The van der Waals surface area contributed by atoms with Crippen LogP contribution in [0.5, 0.6) is 5.19 Å². The summed E-state index contributed by atoms with van der Waals surface area (Å²) in [5.74, 6) is 0.408. The van der Waals surface area contributed by atoms with Gasteiger partial charge in [0.25, 0.3) is 5.19 Å². The summed E-state index contributed by atoms with van der Waals surface area (Å²) in [6.45, 7) is 0.354. The van der Waals surface area contributed by atoms with Crippen molar-refractivity contribution in [1.29, 1.82) is 0 Å². The third kappa shape index (κ3) is 4.64. The van der Waals surface area contributed by atoms with E-state index in [0.717, 1.165) is 28.2 Å². The molecule has 0 bridgehead atoms. The van der Waals surface area contributed by atoms with E-state index in [4.69, 9.17) is 11.6 Å². The fourth-order valence-electron chi connectivity index (χ4n) is 3.04. The van der Waals surface area contributed by atoms with E-state index in [1.54, 1.807) is 19.1 Å². The standard InChI is InChI=1S/C18H16ClF3N4O2S/c1-8(14-6-23-17(29-14)28-7-18(20,21)22)24-16(27)11-5-10(11)15-25-12-3-2-9(19)4-13(12)26-15/h2-4,6,8,10-11H,5,7H2,1H3,(H,24,27)(H,25,26)/t8?,10-,11-/m1/s1. The highest BCUT2D eigenvalue weighted by Gasteiger charge is 2.46. The largest absolute Gasteiger partial charge is 0.460 e. The normalized spacial score (nSPS) is 19.9. The van der Waals surface area contributed by atoms with Crippen LogP contribution in [0, 0.1) is 5.92 Å². The van der Waals surface area contributed by atoms with E-state index in [9.17, 15) is 18.0 Å². The number of ether oxygens (including phenoxy) is 1. The number of aromatic nitrogens is 3. The van der Waals surface area contributed by atoms with E-state index in [1.807, 2.05) is 6.07 Å². The van der Waals surface area contributed by atoms with Gasteiger partial charge in [-0.3, -0.25) is 4.79 Å². The Hall–Kier alpha value is -2.33. The lowest BCUT2D eigenvalue weighted by Gasteiger charge is -2.11. The van der Waals surface area contributed by atoms with Gasteiger partial charge in [0.1, 0.15) is 5.82 Å². The van der Waals surface area contributed by atoms with Gasteiger partial charge >= 0.3 is 6.18 Å². The molecule has 1 aliphatic carbocycles. The molecule has 2 N–H and O–H groups in total. The first-order chi connectivity index (χ1) is 13.7. The minimum atomic E-state index is -4.42. The highest BCUT2D eigenvalue weighted by Crippen LogP contribution is 2.47. The zero-order valence-electron chi connectivity index (χ0n) is 15.1. The van der Waals surface area contributed by atoms with E-state index in [1.165, 1.54) is 6.20 Å². The van der Waals surface area contributed by atoms with E-state index >= 15 is 0 Å². The molecular weight excluding hydrogens is 429 g/mol. The summed E-state index contributed by atoms with van der Waals surface area (Å²) >= 11 is 6.96. The van der Waals surface area contributed by atoms with Crippen molar-refractivity contribution in [3.05, 3.63) is 40.1 Å². The number of thiazole rings is 1. The van der Waals surface area contributed by atoms with E-state index in [-0.39, 0.29) is 29.0 Å². The summed E-state index contributed by atoms with van der Waals surface area (Å²) in [5.41, 5.74) is 1.61. The Morgan fingerprint density at radius 2 is 2.28 bits per heavy atom. The van der Waals surface area contributed by atoms with Gasteiger partial charge in [0, 0.05) is 23.1 Å². The van der Waals surface area contributed by atoms with Gasteiger partial charge in [-0.2, -0.15) is 13.2 Å². The average Bonchev–Trinajstić information content (AvgIpc) is 3.11. The molecule has 1 unspecified atom stereocenters. The van der Waals surface area contributed by atoms with Crippen molar-refractivity contribution >= 4 is 39.9 Å². The number of amides is 1. The number of hydrogen-bond acceptors (Lipinski definition) is 5. The molecule has 3 aromatic rings. The Morgan fingerprint density at radius 1 is 1.48 bits per heavy atom. The van der Waals surface area contributed by atoms with Crippen LogP contribution in [0.1, 0.15) is 36.0 Å². The highest BCUT2D eigenvalue weighted by molar-refractivity contribution is 7.13. The van der Waals surface area contributed by atoms with Crippen LogP contribution in [-0.2, 0) is 4.79 Å². The Kier molecular flexibility index (Phi) is 5.16. The van der Waals surface area contributed by atoms with Gasteiger partial charge in [-0.15, -0.1) is 0 Å². The first-order valence-electron chi connectivity index (χ1n) is 8.80. The van der Waals surface area contributed by atoms with E-state index < -0.39 is 12.8 Å². The number of imidazole rings is 1. The molecule has 4 rings (SSSR count). The smallest absolute Gasteiger partial charge is 0.422 e. The van der Waals surface area contributed by atoms with Crippen LogP contribution in [0.2, 0.25) is 5.02 Å². The zero-order chi connectivity index (χ0) is 20.8. The second-order valence-electron chi connectivity index (χ2n) is 6.89. The third-order valence-electron chi connectivity index (χ3n) is 4.59. The van der Waals surface area contributed by atoms with Gasteiger partial charge in [0.05, 0.1) is 22.0 Å². The van der Waals surface area contributed by atoms with E-state index in [2.05, 4.69) is 25.0 Å². The summed E-state index contributed by atoms with van der Waals surface area (Å²) in [7, 11) is 0. The number of benzene rings is 1. The molecule has 1 amide bonds. The third-order valence-corrected chi connectivity index (χ3v) is 5.92. The molecule has 0 saturated heterocycles. The lowest BCUT2D eigenvalue weighted by Crippen LogP contribution is -2.28. The highest BCUT2D eigenvalue weighted by atomic mass is 35.5. The molecule has 2 aromatic heterocycles. The maximum absolute atomic E-state index is 12.5. The molecule has 0 spiro atoms. The molecule has 0 aliphatic heterocycles. The predicted octanol–water partition coefficient (Wildman–Crippen LogP) is 4.59. The van der Waals surface area contributed by atoms with Crippen LogP contribution < -0.4 is 10.1 Å². The molecule has 29 heavy (non-hydrogen) atoms. The zero-order valence-corrected chi connectivity index (χ0v) is 16.7. The molecule has 6 nitrogen and oxygen atoms in total. The number of halogens is 4. The number of carbonyl (C=O) groups excluding carboxylic acids is 1. The molecule has 2 heterocycles. The molecule has 1 saturated carbocycles. The minimum absolute atomic E-state index is 0.000478. The van der Waals surface area contributed by atoms with Crippen LogP contribution in [-0.4, -0.2) is 33.6 Å². The van der Waals surface area contributed by atoms with Crippen molar-refractivity contribution in [1.82, 2.24) is 20.3 Å². The number of aromatic amines is 1. The summed E-state index contributed by atoms with van der Waals surface area (Å²) in [4.78, 5) is 24.7. The fourth-order valence-corrected chi connectivity index (χ4v) is 3.97. The second-order valence-corrected chi connectivity index (χ2v) is 8.36. The second kappa shape index (κ2) is 7.49. The number of H-pyrrole nitrogens is 1. The van der Waals surface area contributed by atoms with Crippen LogP contribution >= 0.6 is 22.9 Å². The summed E-state index contributed by atoms with van der Waals surface area (Å²) in [5, 5.41) is 3.40. The Balaban J connectivity index is 1.34. The molecule has 0 radical (unpaired) electrons. The number of fused-ring (bicyclic) bond motifs is 1. The molecule has 154 valence electrons. The number of hydrogen-bond donors (Lipinski definition) is 2. The van der Waals surface area contributed by atoms with Gasteiger partial charge in [-0.05, 0) is 31.5 Å². The Bertz CT molecular complexity index is 1050. The first-order valence-corrected chi connectivity index (χ1v) is 10.00.